The average molecular weight is 326 g/mol. The van der Waals surface area contributed by atoms with Crippen LogP contribution >= 0.6 is 0 Å². The van der Waals surface area contributed by atoms with Crippen molar-refractivity contribution in [2.45, 2.75) is 44.6 Å². The molecule has 1 unspecified atom stereocenters. The van der Waals surface area contributed by atoms with Gasteiger partial charge in [-0.25, -0.2) is 0 Å². The Bertz CT molecular complexity index is 733. The fourth-order valence-corrected chi connectivity index (χ4v) is 4.30. The van der Waals surface area contributed by atoms with Crippen molar-refractivity contribution in [1.29, 1.82) is 0 Å². The largest absolute Gasteiger partial charge is 0.513 e. The Morgan fingerprint density at radius 1 is 1.17 bits per heavy atom. The summed E-state index contributed by atoms with van der Waals surface area (Å²) in [6, 6.07) is 0. The molecule has 0 spiro atoms. The van der Waals surface area contributed by atoms with Crippen LogP contribution in [0.4, 0.5) is 0 Å². The molecule has 24 heavy (non-hydrogen) atoms. The zero-order valence-corrected chi connectivity index (χ0v) is 13.6. The molecule has 2 atom stereocenters. The predicted octanol–water partition coefficient (Wildman–Crippen LogP) is 3.42. The van der Waals surface area contributed by atoms with Crippen molar-refractivity contribution >= 4 is 5.78 Å². The zero-order valence-electron chi connectivity index (χ0n) is 13.6. The minimum atomic E-state index is -0.239. The molecule has 4 rings (SSSR count). The van der Waals surface area contributed by atoms with Crippen LogP contribution in [0.15, 0.2) is 58.1 Å². The second kappa shape index (κ2) is 6.10. The summed E-state index contributed by atoms with van der Waals surface area (Å²) >= 11 is 0. The molecule has 1 aliphatic heterocycles. The zero-order chi connectivity index (χ0) is 16.7. The Labute approximate surface area is 141 Å². The van der Waals surface area contributed by atoms with Crippen molar-refractivity contribution < 1.29 is 19.7 Å². The van der Waals surface area contributed by atoms with E-state index in [0.29, 0.717) is 17.9 Å². The summed E-state index contributed by atoms with van der Waals surface area (Å²) in [4.78, 5) is 11.8. The monoisotopic (exact) mass is 326 g/mol. The molecule has 0 amide bonds. The van der Waals surface area contributed by atoms with Crippen molar-refractivity contribution in [1.82, 2.24) is 0 Å². The molecule has 0 aromatic carbocycles. The number of allylic oxidation sites excluding steroid dienone is 5. The smallest absolute Gasteiger partial charge is 0.182 e. The summed E-state index contributed by atoms with van der Waals surface area (Å²) in [5.41, 5.74) is 4.56. The summed E-state index contributed by atoms with van der Waals surface area (Å²) in [6.07, 6.45) is 12.1. The molecule has 0 aromatic heterocycles. The second-order valence-electron chi connectivity index (χ2n) is 6.90. The van der Waals surface area contributed by atoms with Crippen molar-refractivity contribution in [3.63, 3.8) is 0 Å². The molecule has 0 saturated carbocycles. The van der Waals surface area contributed by atoms with E-state index in [2.05, 4.69) is 0 Å². The first-order valence-electron chi connectivity index (χ1n) is 8.74. The van der Waals surface area contributed by atoms with Crippen molar-refractivity contribution in [3.8, 4) is 0 Å². The molecule has 0 bridgehead atoms. The Balaban J connectivity index is 1.89. The van der Waals surface area contributed by atoms with E-state index in [1.165, 1.54) is 17.2 Å². The Morgan fingerprint density at radius 3 is 2.83 bits per heavy atom. The lowest BCUT2D eigenvalue weighted by molar-refractivity contribution is -0.110. The number of carbonyl (C=O) groups is 1. The summed E-state index contributed by atoms with van der Waals surface area (Å²) < 4.78 is 6.03. The number of hydrogen-bond acceptors (Lipinski definition) is 4. The number of rotatable bonds is 2. The highest BCUT2D eigenvalue weighted by molar-refractivity contribution is 6.02. The van der Waals surface area contributed by atoms with Crippen molar-refractivity contribution in [3.05, 3.63) is 58.1 Å². The number of hydrogen-bond donors (Lipinski definition) is 2. The maximum absolute atomic E-state index is 11.8. The van der Waals surface area contributed by atoms with Crippen LogP contribution in [0, 0.1) is 5.92 Å². The van der Waals surface area contributed by atoms with Gasteiger partial charge in [0.15, 0.2) is 5.78 Å². The molecule has 3 aliphatic carbocycles. The van der Waals surface area contributed by atoms with E-state index in [4.69, 9.17) is 4.74 Å². The summed E-state index contributed by atoms with van der Waals surface area (Å²) in [7, 11) is 0. The van der Waals surface area contributed by atoms with Crippen molar-refractivity contribution in [2.75, 3.05) is 6.61 Å². The molecule has 1 heterocycles. The lowest BCUT2D eigenvalue weighted by Gasteiger charge is -2.40. The maximum Gasteiger partial charge on any atom is 0.182 e. The number of ketones is 1. The first-order valence-corrected chi connectivity index (χ1v) is 8.74. The van der Waals surface area contributed by atoms with E-state index in [1.54, 1.807) is 12.2 Å². The summed E-state index contributed by atoms with van der Waals surface area (Å²) in [6.45, 7) is 0.0904. The number of aliphatic hydroxyl groups is 2. The van der Waals surface area contributed by atoms with Crippen LogP contribution < -0.4 is 0 Å². The van der Waals surface area contributed by atoms with E-state index in [0.717, 1.165) is 43.3 Å². The predicted molar refractivity (Wildman–Crippen MR) is 90.1 cm³/mol. The number of aliphatic hydroxyl groups excluding tert-OH is 2. The van der Waals surface area contributed by atoms with Crippen LogP contribution in [-0.4, -0.2) is 28.7 Å². The summed E-state index contributed by atoms with van der Waals surface area (Å²) in [5, 5.41) is 19.7. The molecular weight excluding hydrogens is 304 g/mol. The van der Waals surface area contributed by atoms with Crippen LogP contribution in [-0.2, 0) is 9.53 Å². The Kier molecular flexibility index (Phi) is 3.93. The van der Waals surface area contributed by atoms with E-state index in [9.17, 15) is 15.0 Å². The molecule has 2 N–H and O–H groups in total. The van der Waals surface area contributed by atoms with Gasteiger partial charge in [0.1, 0.15) is 11.9 Å². The third-order valence-electron chi connectivity index (χ3n) is 5.44. The highest BCUT2D eigenvalue weighted by Crippen LogP contribution is 2.47. The quantitative estimate of drug-likeness (QED) is 0.816. The Hall–Kier alpha value is -2.07. The standard InChI is InChI=1S/C20H22O4/c21-11-12-3-1-2-4-15(12)20-16-7-5-13(22)9-18(16)24-19-10-14(23)6-8-17(19)20/h5,7,9-10,17,19,21,23H,1-4,6,8,11H2/t17?,19-/m1/s1. The van der Waals surface area contributed by atoms with Crippen LogP contribution in [0.1, 0.15) is 38.5 Å². The van der Waals surface area contributed by atoms with Gasteiger partial charge < -0.3 is 14.9 Å². The molecule has 4 heteroatoms. The van der Waals surface area contributed by atoms with Gasteiger partial charge in [0.25, 0.3) is 0 Å². The van der Waals surface area contributed by atoms with Crippen LogP contribution in [0.3, 0.4) is 0 Å². The highest BCUT2D eigenvalue weighted by atomic mass is 16.5. The lowest BCUT2D eigenvalue weighted by Crippen LogP contribution is -2.34. The number of carbonyl (C=O) groups excluding carboxylic acids is 1. The third kappa shape index (κ3) is 2.55. The molecule has 0 fully saturated rings. The SMILES string of the molecule is O=C1C=CC2=C(C3=C(CO)CCCC3)C3CCC(O)=C[C@H]3OC2=C1. The molecule has 4 aliphatic rings. The normalized spacial score (nSPS) is 29.6. The van der Waals surface area contributed by atoms with Gasteiger partial charge in [-0.2, -0.15) is 0 Å². The second-order valence-corrected chi connectivity index (χ2v) is 6.90. The molecule has 0 radical (unpaired) electrons. The highest BCUT2D eigenvalue weighted by Gasteiger charge is 2.39. The van der Waals surface area contributed by atoms with Gasteiger partial charge in [-0.1, -0.05) is 0 Å². The molecule has 126 valence electrons. The van der Waals surface area contributed by atoms with Crippen molar-refractivity contribution in [2.24, 2.45) is 5.92 Å². The minimum Gasteiger partial charge on any atom is -0.513 e. The van der Waals surface area contributed by atoms with Gasteiger partial charge in [-0.15, -0.1) is 0 Å². The van der Waals surface area contributed by atoms with E-state index in [1.807, 2.05) is 6.08 Å². The third-order valence-corrected chi connectivity index (χ3v) is 5.44. The van der Waals surface area contributed by atoms with Gasteiger partial charge in [0.05, 0.1) is 12.4 Å². The number of ether oxygens (including phenoxy) is 1. The minimum absolute atomic E-state index is 0.0735. The first kappa shape index (κ1) is 15.5. The molecule has 0 aromatic rings. The fourth-order valence-electron chi connectivity index (χ4n) is 4.30. The average Bonchev–Trinajstić information content (AvgIpc) is 2.59. The van der Waals surface area contributed by atoms with Crippen LogP contribution in [0.5, 0.6) is 0 Å². The molecule has 0 saturated heterocycles. The van der Waals surface area contributed by atoms with Gasteiger partial charge in [-0.05, 0) is 67.1 Å². The maximum atomic E-state index is 11.8. The van der Waals surface area contributed by atoms with Gasteiger partial charge in [0, 0.05) is 24.0 Å². The summed E-state index contributed by atoms with van der Waals surface area (Å²) in [5.74, 6) is 1.05. The van der Waals surface area contributed by atoms with Crippen LogP contribution in [0.2, 0.25) is 0 Å². The van der Waals surface area contributed by atoms with Gasteiger partial charge in [-0.3, -0.25) is 4.79 Å². The molecule has 4 nitrogen and oxygen atoms in total. The lowest BCUT2D eigenvalue weighted by atomic mass is 9.72. The fraction of sp³-hybridized carbons (Fsp3) is 0.450. The van der Waals surface area contributed by atoms with E-state index >= 15 is 0 Å². The van der Waals surface area contributed by atoms with Gasteiger partial charge >= 0.3 is 0 Å². The van der Waals surface area contributed by atoms with Gasteiger partial charge in [0.2, 0.25) is 0 Å². The Morgan fingerprint density at radius 2 is 2.00 bits per heavy atom. The van der Waals surface area contributed by atoms with Crippen LogP contribution in [0.25, 0.3) is 0 Å². The number of fused-ring (bicyclic) bond motifs is 2. The van der Waals surface area contributed by atoms with E-state index in [-0.39, 0.29) is 24.4 Å². The first-order chi connectivity index (χ1) is 11.7. The van der Waals surface area contributed by atoms with E-state index < -0.39 is 0 Å². The molecular formula is C20H22O4. The topological polar surface area (TPSA) is 66.8 Å².